The van der Waals surface area contributed by atoms with Crippen molar-refractivity contribution < 1.29 is 22.7 Å². The van der Waals surface area contributed by atoms with Gasteiger partial charge < -0.3 is 19.8 Å². The summed E-state index contributed by atoms with van der Waals surface area (Å²) in [6.07, 6.45) is 7.71. The van der Waals surface area contributed by atoms with Crippen LogP contribution < -0.4 is 10.5 Å². The van der Waals surface area contributed by atoms with Crippen LogP contribution in [0.15, 0.2) is 66.0 Å². The van der Waals surface area contributed by atoms with Gasteiger partial charge in [0.25, 0.3) is 0 Å². The first-order valence-corrected chi connectivity index (χ1v) is 13.7. The quantitative estimate of drug-likeness (QED) is 0.308. The van der Waals surface area contributed by atoms with Gasteiger partial charge in [-0.2, -0.15) is 0 Å². The zero-order chi connectivity index (χ0) is 26.6. The topological polar surface area (TPSA) is 136 Å². The van der Waals surface area contributed by atoms with Gasteiger partial charge in [-0.15, -0.1) is 0 Å². The smallest absolute Gasteiger partial charge is 0.325 e. The first-order chi connectivity index (χ1) is 17.6. The number of carbonyl (C=O) groups excluding carboxylic acids is 2. The predicted octanol–water partition coefficient (Wildman–Crippen LogP) is 1.78. The van der Waals surface area contributed by atoms with E-state index in [2.05, 4.69) is 9.71 Å². The Labute approximate surface area is 220 Å². The highest BCUT2D eigenvalue weighted by Gasteiger charge is 2.47. The number of fused-ring (bicyclic) bond motifs is 1. The fourth-order valence-electron chi connectivity index (χ4n) is 4.69. The second kappa shape index (κ2) is 11.0. The highest BCUT2D eigenvalue weighted by molar-refractivity contribution is 7.89. The molecule has 2 unspecified atom stereocenters. The standard InChI is InChI=1S/C25H29N5O5S2/c1-29(22(31)15-28-37(33,34)19-7-3-2-4-8-19)17-23(32)35-20-9-5-6-12-25(20,24(26)36)18-10-11-21-27-13-14-30(21)16-18/h2-4,7-8,10-11,13-14,16,20,28H,5-6,9,12,15,17H2,1H3,(H2,26,36). The number of esters is 1. The van der Waals surface area contributed by atoms with E-state index in [0.29, 0.717) is 12.8 Å². The summed E-state index contributed by atoms with van der Waals surface area (Å²) in [5.41, 5.74) is 7.04. The van der Waals surface area contributed by atoms with Gasteiger partial charge in [0.15, 0.2) is 0 Å². The number of sulfonamides is 1. The minimum absolute atomic E-state index is 0.0464. The van der Waals surface area contributed by atoms with Crippen LogP contribution in [-0.4, -0.2) is 65.8 Å². The maximum Gasteiger partial charge on any atom is 0.325 e. The molecule has 0 radical (unpaired) electrons. The van der Waals surface area contributed by atoms with Crippen LogP contribution in [0.2, 0.25) is 0 Å². The molecule has 0 aliphatic heterocycles. The van der Waals surface area contributed by atoms with Crippen LogP contribution in [0.3, 0.4) is 0 Å². The number of nitrogens with two attached hydrogens (primary N) is 1. The fourth-order valence-corrected chi connectivity index (χ4v) is 6.04. The van der Waals surface area contributed by atoms with Crippen molar-refractivity contribution in [2.24, 2.45) is 5.73 Å². The number of hydrogen-bond donors (Lipinski definition) is 2. The van der Waals surface area contributed by atoms with Crippen LogP contribution in [0.5, 0.6) is 0 Å². The van der Waals surface area contributed by atoms with E-state index in [1.807, 2.05) is 28.9 Å². The number of thiocarbonyl (C=S) groups is 1. The monoisotopic (exact) mass is 543 g/mol. The van der Waals surface area contributed by atoms with Crippen molar-refractivity contribution in [2.75, 3.05) is 20.1 Å². The molecule has 2 aromatic heterocycles. The molecule has 0 spiro atoms. The van der Waals surface area contributed by atoms with Crippen LogP contribution in [0.25, 0.3) is 5.65 Å². The highest BCUT2D eigenvalue weighted by atomic mass is 32.2. The molecule has 1 aliphatic rings. The molecule has 1 fully saturated rings. The van der Waals surface area contributed by atoms with Gasteiger partial charge >= 0.3 is 5.97 Å². The average Bonchev–Trinajstić information content (AvgIpc) is 3.36. The van der Waals surface area contributed by atoms with Gasteiger partial charge in [-0.25, -0.2) is 18.1 Å². The third-order valence-corrected chi connectivity index (χ3v) is 8.49. The van der Waals surface area contributed by atoms with E-state index in [-0.39, 0.29) is 16.4 Å². The summed E-state index contributed by atoms with van der Waals surface area (Å²) in [7, 11) is -2.44. The van der Waals surface area contributed by atoms with Gasteiger partial charge in [-0.05, 0) is 43.0 Å². The van der Waals surface area contributed by atoms with Crippen LogP contribution in [0.1, 0.15) is 31.2 Å². The summed E-state index contributed by atoms with van der Waals surface area (Å²) < 4.78 is 34.8. The number of hydrogen-bond acceptors (Lipinski definition) is 7. The molecule has 196 valence electrons. The van der Waals surface area contributed by atoms with Crippen molar-refractivity contribution in [3.8, 4) is 0 Å². The third-order valence-electron chi connectivity index (χ3n) is 6.71. The lowest BCUT2D eigenvalue weighted by molar-refractivity contribution is -0.156. The lowest BCUT2D eigenvalue weighted by Crippen LogP contribution is -2.53. The summed E-state index contributed by atoms with van der Waals surface area (Å²) in [5, 5.41) is 0. The van der Waals surface area contributed by atoms with E-state index in [1.54, 1.807) is 24.4 Å². The zero-order valence-electron chi connectivity index (χ0n) is 20.4. The normalized spacial score (nSPS) is 19.9. The zero-order valence-corrected chi connectivity index (χ0v) is 22.0. The van der Waals surface area contributed by atoms with Crippen molar-refractivity contribution in [3.63, 3.8) is 0 Å². The number of aromatic nitrogens is 2. The van der Waals surface area contributed by atoms with Crippen molar-refractivity contribution in [3.05, 3.63) is 66.6 Å². The van der Waals surface area contributed by atoms with E-state index in [9.17, 15) is 18.0 Å². The first kappa shape index (κ1) is 26.7. The van der Waals surface area contributed by atoms with E-state index >= 15 is 0 Å². The maximum atomic E-state index is 12.9. The van der Waals surface area contributed by atoms with E-state index in [4.69, 9.17) is 22.7 Å². The number of nitrogens with zero attached hydrogens (tertiary/aromatic N) is 3. The van der Waals surface area contributed by atoms with Crippen LogP contribution in [0, 0.1) is 0 Å². The van der Waals surface area contributed by atoms with Gasteiger partial charge in [0.2, 0.25) is 15.9 Å². The minimum Gasteiger partial charge on any atom is -0.460 e. The number of likely N-dealkylation sites (N-methyl/N-ethyl adjacent to an activating group) is 1. The van der Waals surface area contributed by atoms with Crippen molar-refractivity contribution in [2.45, 2.75) is 42.1 Å². The Bertz CT molecular complexity index is 1410. The molecule has 1 aromatic carbocycles. The number of nitrogens with one attached hydrogen (secondary N) is 1. The Hall–Kier alpha value is -3.35. The lowest BCUT2D eigenvalue weighted by atomic mass is 9.67. The Kier molecular flexibility index (Phi) is 7.90. The molecule has 4 rings (SSSR count). The first-order valence-electron chi connectivity index (χ1n) is 11.8. The second-order valence-corrected chi connectivity index (χ2v) is 11.3. The summed E-state index contributed by atoms with van der Waals surface area (Å²) >= 11 is 5.51. The molecule has 0 saturated heterocycles. The molecule has 10 nitrogen and oxygen atoms in total. The van der Waals surface area contributed by atoms with Crippen molar-refractivity contribution in [1.82, 2.24) is 19.0 Å². The predicted molar refractivity (Wildman–Crippen MR) is 141 cm³/mol. The number of imidazole rings is 1. The minimum atomic E-state index is -3.86. The summed E-state index contributed by atoms with van der Waals surface area (Å²) in [6, 6.07) is 11.5. The van der Waals surface area contributed by atoms with Gasteiger partial charge in [-0.1, -0.05) is 42.9 Å². The Balaban J connectivity index is 1.43. The SMILES string of the molecule is CN(CC(=O)OC1CCCCC1(C(N)=S)c1ccc2nccn2c1)C(=O)CNS(=O)(=O)c1ccccc1. The van der Waals surface area contributed by atoms with E-state index < -0.39 is 40.0 Å². The molecule has 1 amide bonds. The molecule has 37 heavy (non-hydrogen) atoms. The summed E-state index contributed by atoms with van der Waals surface area (Å²) in [5.74, 6) is -1.20. The molecule has 12 heteroatoms. The number of benzene rings is 1. The molecular formula is C25H29N5O5S2. The number of carbonyl (C=O) groups is 2. The molecule has 1 aliphatic carbocycles. The lowest BCUT2D eigenvalue weighted by Gasteiger charge is -2.43. The highest BCUT2D eigenvalue weighted by Crippen LogP contribution is 2.42. The van der Waals surface area contributed by atoms with Crippen molar-refractivity contribution in [1.29, 1.82) is 0 Å². The molecule has 3 N–H and O–H groups in total. The molecule has 2 atom stereocenters. The molecule has 3 aromatic rings. The molecule has 1 saturated carbocycles. The van der Waals surface area contributed by atoms with Crippen LogP contribution in [-0.2, 0) is 29.8 Å². The van der Waals surface area contributed by atoms with E-state index in [0.717, 1.165) is 29.0 Å². The van der Waals surface area contributed by atoms with Crippen LogP contribution in [0.4, 0.5) is 0 Å². The van der Waals surface area contributed by atoms with Gasteiger partial charge in [0.1, 0.15) is 18.3 Å². The Morgan fingerprint density at radius 3 is 2.73 bits per heavy atom. The molecule has 2 heterocycles. The number of rotatable bonds is 9. The van der Waals surface area contributed by atoms with Crippen LogP contribution >= 0.6 is 12.2 Å². The maximum absolute atomic E-state index is 12.9. The Morgan fingerprint density at radius 1 is 1.24 bits per heavy atom. The van der Waals surface area contributed by atoms with E-state index in [1.165, 1.54) is 19.2 Å². The number of amides is 1. The van der Waals surface area contributed by atoms with Gasteiger partial charge in [0, 0.05) is 25.6 Å². The van der Waals surface area contributed by atoms with Gasteiger partial charge in [0.05, 0.1) is 21.8 Å². The average molecular weight is 544 g/mol. The van der Waals surface area contributed by atoms with Gasteiger partial charge in [-0.3, -0.25) is 9.59 Å². The number of ether oxygens (including phenoxy) is 1. The van der Waals surface area contributed by atoms with Crippen molar-refractivity contribution >= 4 is 44.8 Å². The third kappa shape index (κ3) is 5.65. The fraction of sp³-hybridized carbons (Fsp3) is 0.360. The molecule has 0 bridgehead atoms. The summed E-state index contributed by atoms with van der Waals surface area (Å²) in [6.45, 7) is -0.845. The Morgan fingerprint density at radius 2 is 2.00 bits per heavy atom. The second-order valence-electron chi connectivity index (χ2n) is 9.06. The summed E-state index contributed by atoms with van der Waals surface area (Å²) in [4.78, 5) is 31.1. The number of pyridine rings is 1. The largest absolute Gasteiger partial charge is 0.460 e. The molecular weight excluding hydrogens is 514 g/mol.